The van der Waals surface area contributed by atoms with E-state index < -0.39 is 11.6 Å². The van der Waals surface area contributed by atoms with Crippen molar-refractivity contribution < 1.29 is 8.78 Å². The number of rotatable bonds is 13. The molecular weight excluding hydrogens is 482 g/mol. The topological polar surface area (TPSA) is 0 Å². The Hall–Kier alpha value is -3.36. The molecule has 3 rings (SSSR count). The van der Waals surface area contributed by atoms with Crippen molar-refractivity contribution in [2.24, 2.45) is 0 Å². The van der Waals surface area contributed by atoms with Crippen molar-refractivity contribution >= 4 is 0 Å². The first-order chi connectivity index (χ1) is 19.1. The van der Waals surface area contributed by atoms with Crippen LogP contribution in [0.4, 0.5) is 8.78 Å². The molecule has 0 nitrogen and oxygen atoms in total. The van der Waals surface area contributed by atoms with Crippen molar-refractivity contribution in [1.82, 2.24) is 0 Å². The summed E-state index contributed by atoms with van der Waals surface area (Å²) in [4.78, 5) is 0. The average Bonchev–Trinajstić information content (AvgIpc) is 2.95. The molecule has 0 amide bonds. The summed E-state index contributed by atoms with van der Waals surface area (Å²) in [6.07, 6.45) is 16.1. The molecule has 0 N–H and O–H groups in total. The van der Waals surface area contributed by atoms with Crippen LogP contribution >= 0.6 is 0 Å². The third kappa shape index (κ3) is 11.1. The third-order valence-corrected chi connectivity index (χ3v) is 7.04. The summed E-state index contributed by atoms with van der Waals surface area (Å²) in [6, 6.07) is 18.4. The second-order valence-electron chi connectivity index (χ2n) is 10.4. The van der Waals surface area contributed by atoms with Crippen LogP contribution in [0.15, 0.2) is 60.7 Å². The number of unbranched alkanes of at least 4 members (excludes halogenated alkanes) is 9. The van der Waals surface area contributed by atoms with Gasteiger partial charge >= 0.3 is 0 Å². The molecule has 0 fully saturated rings. The second kappa shape index (κ2) is 17.3. The molecule has 39 heavy (non-hydrogen) atoms. The van der Waals surface area contributed by atoms with E-state index in [-0.39, 0.29) is 11.1 Å². The maximum absolute atomic E-state index is 14.7. The van der Waals surface area contributed by atoms with Gasteiger partial charge in [-0.05, 0) is 73.2 Å². The number of hydrogen-bond acceptors (Lipinski definition) is 0. The molecule has 0 aliphatic carbocycles. The number of benzene rings is 3. The molecule has 2 heteroatoms. The van der Waals surface area contributed by atoms with Crippen LogP contribution in [0.1, 0.15) is 118 Å². The highest BCUT2D eigenvalue weighted by Gasteiger charge is 2.07. The molecule has 0 atom stereocenters. The maximum atomic E-state index is 14.7. The van der Waals surface area contributed by atoms with Crippen LogP contribution in [-0.2, 0) is 12.8 Å². The van der Waals surface area contributed by atoms with E-state index in [0.29, 0.717) is 0 Å². The van der Waals surface area contributed by atoms with Gasteiger partial charge in [0.2, 0.25) is 0 Å². The van der Waals surface area contributed by atoms with Crippen molar-refractivity contribution in [2.45, 2.75) is 97.3 Å². The first-order valence-corrected chi connectivity index (χ1v) is 14.8. The van der Waals surface area contributed by atoms with Gasteiger partial charge in [-0.2, -0.15) is 0 Å². The normalized spacial score (nSPS) is 10.5. The van der Waals surface area contributed by atoms with Crippen LogP contribution in [0.3, 0.4) is 0 Å². The Morgan fingerprint density at radius 1 is 0.462 bits per heavy atom. The van der Waals surface area contributed by atoms with Gasteiger partial charge in [0.05, 0.1) is 11.1 Å². The lowest BCUT2D eigenvalue weighted by atomic mass is 10.0. The van der Waals surface area contributed by atoms with Gasteiger partial charge in [-0.15, -0.1) is 0 Å². The Bertz CT molecular complexity index is 1260. The zero-order valence-corrected chi connectivity index (χ0v) is 23.7. The van der Waals surface area contributed by atoms with Gasteiger partial charge in [-0.1, -0.05) is 120 Å². The first kappa shape index (κ1) is 30.2. The minimum Gasteiger partial charge on any atom is -0.206 e. The maximum Gasteiger partial charge on any atom is 0.140 e. The Balaban J connectivity index is 1.55. The third-order valence-electron chi connectivity index (χ3n) is 7.04. The van der Waals surface area contributed by atoms with E-state index in [9.17, 15) is 8.78 Å². The second-order valence-corrected chi connectivity index (χ2v) is 10.4. The molecule has 0 unspecified atom stereocenters. The number of halogens is 2. The summed E-state index contributed by atoms with van der Waals surface area (Å²) in [6.45, 7) is 4.46. The van der Waals surface area contributed by atoms with E-state index in [1.54, 1.807) is 0 Å². The van der Waals surface area contributed by atoms with Crippen molar-refractivity contribution in [1.29, 1.82) is 0 Å². The van der Waals surface area contributed by atoms with Gasteiger partial charge in [0.25, 0.3) is 0 Å². The Morgan fingerprint density at radius 3 is 1.21 bits per heavy atom. The van der Waals surface area contributed by atoms with Gasteiger partial charge in [0.15, 0.2) is 0 Å². The van der Waals surface area contributed by atoms with E-state index in [2.05, 4.69) is 61.8 Å². The largest absolute Gasteiger partial charge is 0.206 e. The number of hydrogen-bond donors (Lipinski definition) is 0. The Morgan fingerprint density at radius 2 is 0.821 bits per heavy atom. The molecule has 0 aromatic heterocycles. The lowest BCUT2D eigenvalue weighted by molar-refractivity contribution is 0.594. The lowest BCUT2D eigenvalue weighted by Crippen LogP contribution is -1.92. The fourth-order valence-corrected chi connectivity index (χ4v) is 4.57. The zero-order valence-electron chi connectivity index (χ0n) is 23.7. The molecule has 0 heterocycles. The molecule has 3 aromatic rings. The zero-order chi connectivity index (χ0) is 27.7. The Kier molecular flexibility index (Phi) is 13.4. The Labute approximate surface area is 235 Å². The molecular formula is C37H42F2. The molecule has 0 radical (unpaired) electrons. The van der Waals surface area contributed by atoms with E-state index in [1.165, 1.54) is 81.8 Å². The molecule has 0 bridgehead atoms. The van der Waals surface area contributed by atoms with Crippen molar-refractivity contribution in [3.8, 4) is 23.7 Å². The highest BCUT2D eigenvalue weighted by Crippen LogP contribution is 2.16. The fraction of sp³-hybridized carbons (Fsp3) is 0.405. The average molecular weight is 525 g/mol. The van der Waals surface area contributed by atoms with Gasteiger partial charge < -0.3 is 0 Å². The summed E-state index contributed by atoms with van der Waals surface area (Å²) in [5.74, 6) is 10.4. The molecule has 0 saturated heterocycles. The highest BCUT2D eigenvalue weighted by atomic mass is 19.1. The van der Waals surface area contributed by atoms with Gasteiger partial charge in [0.1, 0.15) is 11.6 Å². The molecule has 0 aliphatic rings. The van der Waals surface area contributed by atoms with E-state index in [0.717, 1.165) is 36.1 Å². The van der Waals surface area contributed by atoms with E-state index in [1.807, 2.05) is 24.3 Å². The summed E-state index contributed by atoms with van der Waals surface area (Å²) >= 11 is 0. The van der Waals surface area contributed by atoms with Crippen molar-refractivity contribution in [2.75, 3.05) is 0 Å². The summed E-state index contributed by atoms with van der Waals surface area (Å²) in [5, 5.41) is 0. The first-order valence-electron chi connectivity index (χ1n) is 14.8. The molecule has 0 aliphatic heterocycles. The quantitative estimate of drug-likeness (QED) is 0.154. The summed E-state index contributed by atoms with van der Waals surface area (Å²) in [5.41, 5.74) is 4.22. The van der Waals surface area contributed by atoms with Crippen LogP contribution in [0.25, 0.3) is 0 Å². The molecule has 204 valence electrons. The van der Waals surface area contributed by atoms with E-state index >= 15 is 0 Å². The number of aryl methyl sites for hydroxylation is 2. The van der Waals surface area contributed by atoms with Crippen LogP contribution in [0.2, 0.25) is 0 Å². The SMILES string of the molecule is CCCCCCCCc1ccc(C#Cc2cc(F)c(C#Cc3ccc(CCCCCCC)cc3)cc2F)cc1. The minimum absolute atomic E-state index is 0.0390. The van der Waals surface area contributed by atoms with Gasteiger partial charge in [-0.3, -0.25) is 0 Å². The van der Waals surface area contributed by atoms with Crippen LogP contribution in [0.5, 0.6) is 0 Å². The summed E-state index contributed by atoms with van der Waals surface area (Å²) < 4.78 is 29.4. The predicted octanol–water partition coefficient (Wildman–Crippen LogP) is 10.2. The van der Waals surface area contributed by atoms with Gasteiger partial charge in [0, 0.05) is 11.1 Å². The minimum atomic E-state index is -0.564. The smallest absolute Gasteiger partial charge is 0.140 e. The van der Waals surface area contributed by atoms with Crippen LogP contribution < -0.4 is 0 Å². The van der Waals surface area contributed by atoms with Crippen LogP contribution in [-0.4, -0.2) is 0 Å². The standard InChI is InChI=1S/C37H42F2/c1-3-5-7-9-11-13-15-31-18-22-33(23-19-31)25-27-35-29-36(38)34(28-37(35)39)26-24-32-20-16-30(17-21-32)14-12-10-8-6-4-2/h16-23,28-29H,3-15H2,1-2H3. The fourth-order valence-electron chi connectivity index (χ4n) is 4.57. The van der Waals surface area contributed by atoms with Crippen molar-refractivity contribution in [3.63, 3.8) is 0 Å². The summed E-state index contributed by atoms with van der Waals surface area (Å²) in [7, 11) is 0. The predicted molar refractivity (Wildman–Crippen MR) is 161 cm³/mol. The molecule has 3 aromatic carbocycles. The monoisotopic (exact) mass is 524 g/mol. The lowest BCUT2D eigenvalue weighted by Gasteiger charge is -2.02. The van der Waals surface area contributed by atoms with Gasteiger partial charge in [-0.25, -0.2) is 8.78 Å². The van der Waals surface area contributed by atoms with Crippen LogP contribution in [0, 0.1) is 35.3 Å². The van der Waals surface area contributed by atoms with Crippen molar-refractivity contribution in [3.05, 3.63) is 106 Å². The molecule has 0 spiro atoms. The molecule has 0 saturated carbocycles. The highest BCUT2D eigenvalue weighted by molar-refractivity contribution is 5.49. The van der Waals surface area contributed by atoms with E-state index in [4.69, 9.17) is 0 Å².